The molecule has 0 saturated carbocycles. The Morgan fingerprint density at radius 3 is 2.75 bits per heavy atom. The van der Waals surface area contributed by atoms with Crippen LogP contribution in [0.1, 0.15) is 22.8 Å². The summed E-state index contributed by atoms with van der Waals surface area (Å²) in [6.07, 6.45) is 0. The predicted octanol–water partition coefficient (Wildman–Crippen LogP) is 1.78. The highest BCUT2D eigenvalue weighted by Gasteiger charge is 2.26. The van der Waals surface area contributed by atoms with Gasteiger partial charge in [0.25, 0.3) is 5.91 Å². The lowest BCUT2D eigenvalue weighted by Gasteiger charge is -2.32. The number of hydrogen-bond donors (Lipinski definition) is 1. The number of carbonyl (C=O) groups is 1. The summed E-state index contributed by atoms with van der Waals surface area (Å²) in [5.41, 5.74) is 2.82. The highest BCUT2D eigenvalue weighted by Crippen LogP contribution is 2.18. The average molecular weight is 403 g/mol. The fourth-order valence-corrected chi connectivity index (χ4v) is 3.91. The summed E-state index contributed by atoms with van der Waals surface area (Å²) < 4.78 is 15.8. The Kier molecular flexibility index (Phi) is 5.28. The van der Waals surface area contributed by atoms with Gasteiger partial charge in [0.05, 0.1) is 42.3 Å². The number of nitrogens with zero attached hydrogens (tertiary/aromatic N) is 4. The molecule has 0 bridgehead atoms. The standard InChI is InChI=1S/C20H21ClFN5O/c1-2-27-19-7-6-14(12-18(19)23-24-27)20(28)26-10-8-25(9-11-26)13-15-16(21)4-3-5-17(15)22/h3-7,12H,2,8-11,13H2,1H3/p+1. The van der Waals surface area contributed by atoms with Gasteiger partial charge in [-0.25, -0.2) is 9.07 Å². The zero-order valence-electron chi connectivity index (χ0n) is 15.7. The van der Waals surface area contributed by atoms with Crippen molar-refractivity contribution in [1.82, 2.24) is 19.9 Å². The summed E-state index contributed by atoms with van der Waals surface area (Å²) in [7, 11) is 0. The maximum Gasteiger partial charge on any atom is 0.254 e. The van der Waals surface area contributed by atoms with Gasteiger partial charge < -0.3 is 9.80 Å². The number of carbonyl (C=O) groups excluding carboxylic acids is 1. The first-order valence-corrected chi connectivity index (χ1v) is 9.83. The molecule has 1 amide bonds. The van der Waals surface area contributed by atoms with Crippen LogP contribution in [-0.2, 0) is 13.1 Å². The van der Waals surface area contributed by atoms with E-state index in [0.29, 0.717) is 35.8 Å². The third-order valence-electron chi connectivity index (χ3n) is 5.31. The van der Waals surface area contributed by atoms with Crippen molar-refractivity contribution >= 4 is 28.5 Å². The van der Waals surface area contributed by atoms with Crippen LogP contribution in [0.5, 0.6) is 0 Å². The van der Waals surface area contributed by atoms with Crippen molar-refractivity contribution in [2.24, 2.45) is 0 Å². The summed E-state index contributed by atoms with van der Waals surface area (Å²) in [6.45, 7) is 6.03. The molecule has 8 heteroatoms. The zero-order chi connectivity index (χ0) is 19.7. The number of aromatic nitrogens is 3. The number of quaternary nitrogens is 1. The molecule has 1 aromatic heterocycles. The van der Waals surface area contributed by atoms with Crippen molar-refractivity contribution in [1.29, 1.82) is 0 Å². The number of fused-ring (bicyclic) bond motifs is 1. The number of amides is 1. The molecule has 1 fully saturated rings. The summed E-state index contributed by atoms with van der Waals surface area (Å²) in [4.78, 5) is 15.9. The molecule has 0 radical (unpaired) electrons. The molecule has 2 heterocycles. The van der Waals surface area contributed by atoms with Crippen LogP contribution in [-0.4, -0.2) is 52.0 Å². The molecular weight excluding hydrogens is 381 g/mol. The van der Waals surface area contributed by atoms with Crippen molar-refractivity contribution < 1.29 is 14.1 Å². The maximum atomic E-state index is 14.0. The van der Waals surface area contributed by atoms with Crippen molar-refractivity contribution in [2.45, 2.75) is 20.0 Å². The Morgan fingerprint density at radius 2 is 2.04 bits per heavy atom. The smallest absolute Gasteiger partial charge is 0.254 e. The van der Waals surface area contributed by atoms with Crippen molar-refractivity contribution in [3.8, 4) is 0 Å². The van der Waals surface area contributed by atoms with Crippen LogP contribution < -0.4 is 4.90 Å². The number of piperazine rings is 1. The first-order chi connectivity index (χ1) is 13.6. The Bertz CT molecular complexity index is 993. The molecule has 2 aromatic carbocycles. The lowest BCUT2D eigenvalue weighted by molar-refractivity contribution is -0.917. The number of aryl methyl sites for hydroxylation is 1. The second-order valence-electron chi connectivity index (χ2n) is 7.03. The van der Waals surface area contributed by atoms with Crippen LogP contribution in [0.15, 0.2) is 36.4 Å². The second-order valence-corrected chi connectivity index (χ2v) is 7.44. The van der Waals surface area contributed by atoms with Gasteiger partial charge in [-0.3, -0.25) is 4.79 Å². The Labute approximate surface area is 167 Å². The van der Waals surface area contributed by atoms with E-state index in [4.69, 9.17) is 11.6 Å². The highest BCUT2D eigenvalue weighted by molar-refractivity contribution is 6.31. The molecule has 146 valence electrons. The van der Waals surface area contributed by atoms with Crippen molar-refractivity contribution in [2.75, 3.05) is 26.2 Å². The summed E-state index contributed by atoms with van der Waals surface area (Å²) in [5, 5.41) is 8.69. The van der Waals surface area contributed by atoms with Crippen LogP contribution >= 0.6 is 11.6 Å². The van der Waals surface area contributed by atoms with E-state index in [1.807, 2.05) is 24.0 Å². The minimum absolute atomic E-state index is 0.00378. The summed E-state index contributed by atoms with van der Waals surface area (Å²) >= 11 is 6.14. The van der Waals surface area contributed by atoms with Crippen molar-refractivity contribution in [3.05, 3.63) is 58.4 Å². The van der Waals surface area contributed by atoms with Gasteiger partial charge in [0.2, 0.25) is 0 Å². The van der Waals surface area contributed by atoms with Gasteiger partial charge >= 0.3 is 0 Å². The van der Waals surface area contributed by atoms with E-state index < -0.39 is 0 Å². The van der Waals surface area contributed by atoms with E-state index in [9.17, 15) is 9.18 Å². The van der Waals surface area contributed by atoms with Gasteiger partial charge in [-0.05, 0) is 37.3 Å². The minimum atomic E-state index is -0.271. The molecule has 1 aliphatic rings. The molecule has 1 aliphatic heterocycles. The van der Waals surface area contributed by atoms with Crippen LogP contribution in [0, 0.1) is 5.82 Å². The predicted molar refractivity (Wildman–Crippen MR) is 105 cm³/mol. The van der Waals surface area contributed by atoms with Crippen LogP contribution in [0.3, 0.4) is 0 Å². The van der Waals surface area contributed by atoms with E-state index in [0.717, 1.165) is 30.7 Å². The van der Waals surface area contributed by atoms with E-state index in [-0.39, 0.29) is 11.7 Å². The fourth-order valence-electron chi connectivity index (χ4n) is 3.68. The number of hydrogen-bond acceptors (Lipinski definition) is 3. The van der Waals surface area contributed by atoms with E-state index in [1.165, 1.54) is 11.0 Å². The Hall–Kier alpha value is -2.51. The molecule has 28 heavy (non-hydrogen) atoms. The molecule has 0 unspecified atom stereocenters. The quantitative estimate of drug-likeness (QED) is 0.723. The average Bonchev–Trinajstić information content (AvgIpc) is 3.13. The Balaban J connectivity index is 1.41. The Morgan fingerprint density at radius 1 is 1.25 bits per heavy atom. The van der Waals surface area contributed by atoms with Gasteiger partial charge in [-0.15, -0.1) is 5.10 Å². The third-order valence-corrected chi connectivity index (χ3v) is 5.66. The van der Waals surface area contributed by atoms with Crippen LogP contribution in [0.25, 0.3) is 11.0 Å². The number of nitrogens with one attached hydrogen (secondary N) is 1. The molecule has 1 N–H and O–H groups in total. The first-order valence-electron chi connectivity index (χ1n) is 9.45. The lowest BCUT2D eigenvalue weighted by Crippen LogP contribution is -3.13. The number of rotatable bonds is 4. The van der Waals surface area contributed by atoms with Gasteiger partial charge in [0, 0.05) is 12.1 Å². The number of halogens is 2. The van der Waals surface area contributed by atoms with Gasteiger partial charge in [-0.2, -0.15) is 0 Å². The molecule has 0 atom stereocenters. The zero-order valence-corrected chi connectivity index (χ0v) is 16.4. The normalized spacial score (nSPS) is 15.3. The molecule has 0 spiro atoms. The minimum Gasteiger partial charge on any atom is -0.328 e. The van der Waals surface area contributed by atoms with Crippen LogP contribution in [0.4, 0.5) is 4.39 Å². The highest BCUT2D eigenvalue weighted by atomic mass is 35.5. The maximum absolute atomic E-state index is 14.0. The monoisotopic (exact) mass is 402 g/mol. The van der Waals surface area contributed by atoms with Crippen molar-refractivity contribution in [3.63, 3.8) is 0 Å². The largest absolute Gasteiger partial charge is 0.328 e. The molecule has 1 saturated heterocycles. The van der Waals surface area contributed by atoms with E-state index in [2.05, 4.69) is 10.3 Å². The molecule has 4 rings (SSSR count). The molecular formula is C20H22ClFN5O+. The van der Waals surface area contributed by atoms with Gasteiger partial charge in [-0.1, -0.05) is 22.9 Å². The number of benzene rings is 2. The SMILES string of the molecule is CCn1nnc2cc(C(=O)N3CC[NH+](Cc4c(F)cccc4Cl)CC3)ccc21. The van der Waals surface area contributed by atoms with Crippen LogP contribution in [0.2, 0.25) is 5.02 Å². The molecule has 6 nitrogen and oxygen atoms in total. The molecule has 3 aromatic rings. The first kappa shape index (κ1) is 18.8. The van der Waals surface area contributed by atoms with Gasteiger partial charge in [0.15, 0.2) is 0 Å². The fraction of sp³-hybridized carbons (Fsp3) is 0.350. The van der Waals surface area contributed by atoms with E-state index >= 15 is 0 Å². The summed E-state index contributed by atoms with van der Waals surface area (Å²) in [6, 6.07) is 10.3. The third kappa shape index (κ3) is 3.59. The topological polar surface area (TPSA) is 55.5 Å². The summed E-state index contributed by atoms with van der Waals surface area (Å²) in [5.74, 6) is -0.275. The second kappa shape index (κ2) is 7.85. The lowest BCUT2D eigenvalue weighted by atomic mass is 10.1. The van der Waals surface area contributed by atoms with Gasteiger partial charge in [0.1, 0.15) is 17.9 Å². The van der Waals surface area contributed by atoms with E-state index in [1.54, 1.807) is 22.9 Å². The molecule has 0 aliphatic carbocycles.